The molecule has 1 aliphatic rings. The van der Waals surface area contributed by atoms with Crippen LogP contribution in [0.1, 0.15) is 12.8 Å². The van der Waals surface area contributed by atoms with E-state index >= 15 is 0 Å². The predicted molar refractivity (Wildman–Crippen MR) is 76.6 cm³/mol. The number of carbonyl (C=O) groups excluding carboxylic acids is 1. The minimum absolute atomic E-state index is 0.121. The number of piperidine rings is 1. The van der Waals surface area contributed by atoms with Crippen molar-refractivity contribution in [3.63, 3.8) is 0 Å². The van der Waals surface area contributed by atoms with E-state index < -0.39 is 10.0 Å². The maximum atomic E-state index is 12.5. The minimum atomic E-state index is -3.52. The molecule has 1 saturated heterocycles. The van der Waals surface area contributed by atoms with E-state index in [1.54, 1.807) is 47.4 Å². The Morgan fingerprint density at radius 2 is 1.71 bits per heavy atom. The van der Waals surface area contributed by atoms with Gasteiger partial charge in [0.2, 0.25) is 10.0 Å². The van der Waals surface area contributed by atoms with Crippen LogP contribution in [0.5, 0.6) is 0 Å². The molecule has 2 heterocycles. The summed E-state index contributed by atoms with van der Waals surface area (Å²) in [6.07, 6.45) is 4.05. The molecule has 0 bridgehead atoms. The van der Waals surface area contributed by atoms with Gasteiger partial charge >= 0.3 is 0 Å². The molecule has 6 nitrogen and oxygen atoms in total. The highest BCUT2D eigenvalue weighted by molar-refractivity contribution is 7.89. The van der Waals surface area contributed by atoms with E-state index in [0.29, 0.717) is 12.8 Å². The normalized spacial score (nSPS) is 17.0. The molecular weight excluding hydrogens is 290 g/mol. The van der Waals surface area contributed by atoms with Crippen molar-refractivity contribution in [3.8, 4) is 5.69 Å². The van der Waals surface area contributed by atoms with Crippen molar-refractivity contribution in [2.45, 2.75) is 17.7 Å². The second kappa shape index (κ2) is 5.42. The quantitative estimate of drug-likeness (QED) is 0.855. The molecular formula is C14H15N3O3S. The molecule has 0 saturated carbocycles. The Balaban J connectivity index is 1.84. The number of Topliss-reactive ketones (excluding diaryl/α,β-unsaturated/α-hetero) is 1. The summed E-state index contributed by atoms with van der Waals surface area (Å²) >= 11 is 0. The molecule has 1 aromatic heterocycles. The average Bonchev–Trinajstić information content (AvgIpc) is 3.02. The molecule has 21 heavy (non-hydrogen) atoms. The Morgan fingerprint density at radius 1 is 1.05 bits per heavy atom. The zero-order chi connectivity index (χ0) is 14.9. The molecule has 0 amide bonds. The number of rotatable bonds is 3. The van der Waals surface area contributed by atoms with Crippen molar-refractivity contribution >= 4 is 15.8 Å². The third-order valence-electron chi connectivity index (χ3n) is 3.52. The number of aromatic nitrogens is 2. The fourth-order valence-corrected chi connectivity index (χ4v) is 3.76. The van der Waals surface area contributed by atoms with E-state index in [-0.39, 0.29) is 23.8 Å². The van der Waals surface area contributed by atoms with Crippen LogP contribution >= 0.6 is 0 Å². The molecule has 2 aromatic rings. The lowest BCUT2D eigenvalue weighted by Crippen LogP contribution is -2.38. The number of benzene rings is 1. The van der Waals surface area contributed by atoms with Crippen LogP contribution in [0.15, 0.2) is 47.6 Å². The molecule has 1 aliphatic heterocycles. The fraction of sp³-hybridized carbons (Fsp3) is 0.286. The van der Waals surface area contributed by atoms with Gasteiger partial charge in [0.15, 0.2) is 0 Å². The smallest absolute Gasteiger partial charge is 0.243 e. The Morgan fingerprint density at radius 3 is 2.29 bits per heavy atom. The predicted octanol–water partition coefficient (Wildman–Crippen LogP) is 1.23. The van der Waals surface area contributed by atoms with Crippen molar-refractivity contribution in [1.29, 1.82) is 0 Å². The van der Waals surface area contributed by atoms with Crippen LogP contribution in [0.3, 0.4) is 0 Å². The SMILES string of the molecule is O=C1CCN(S(=O)(=O)c2ccc(-n3cccn3)cc2)CC1. The fourth-order valence-electron chi connectivity index (χ4n) is 2.32. The highest BCUT2D eigenvalue weighted by atomic mass is 32.2. The molecule has 0 unspecified atom stereocenters. The second-order valence-electron chi connectivity index (χ2n) is 4.89. The molecule has 1 fully saturated rings. The van der Waals surface area contributed by atoms with Gasteiger partial charge in [-0.2, -0.15) is 9.40 Å². The van der Waals surface area contributed by atoms with Gasteiger partial charge < -0.3 is 0 Å². The van der Waals surface area contributed by atoms with Crippen LogP contribution in [0.4, 0.5) is 0 Å². The standard InChI is InChI=1S/C14H15N3O3S/c18-13-6-10-16(11-7-13)21(19,20)14-4-2-12(3-5-14)17-9-1-8-15-17/h1-5,8-9H,6-7,10-11H2. The third-order valence-corrected chi connectivity index (χ3v) is 5.44. The lowest BCUT2D eigenvalue weighted by Gasteiger charge is -2.25. The summed E-state index contributed by atoms with van der Waals surface area (Å²) in [5.74, 6) is 0.121. The van der Waals surface area contributed by atoms with Crippen LogP contribution in [-0.2, 0) is 14.8 Å². The number of sulfonamides is 1. The van der Waals surface area contributed by atoms with Crippen molar-refractivity contribution in [3.05, 3.63) is 42.7 Å². The molecule has 0 radical (unpaired) electrons. The van der Waals surface area contributed by atoms with Crippen molar-refractivity contribution in [2.75, 3.05) is 13.1 Å². The minimum Gasteiger partial charge on any atom is -0.300 e. The largest absolute Gasteiger partial charge is 0.300 e. The number of ketones is 1. The summed E-state index contributed by atoms with van der Waals surface area (Å²) in [6.45, 7) is 0.532. The van der Waals surface area contributed by atoms with Crippen molar-refractivity contribution in [1.82, 2.24) is 14.1 Å². The maximum absolute atomic E-state index is 12.5. The molecule has 0 aliphatic carbocycles. The van der Waals surface area contributed by atoms with Crippen LogP contribution in [0.25, 0.3) is 5.69 Å². The number of nitrogens with zero attached hydrogens (tertiary/aromatic N) is 3. The Hall–Kier alpha value is -1.99. The highest BCUT2D eigenvalue weighted by Gasteiger charge is 2.28. The first-order chi connectivity index (χ1) is 10.1. The summed E-state index contributed by atoms with van der Waals surface area (Å²) in [4.78, 5) is 11.5. The van der Waals surface area contributed by atoms with E-state index in [0.717, 1.165) is 5.69 Å². The first-order valence-corrected chi connectivity index (χ1v) is 8.13. The lowest BCUT2D eigenvalue weighted by atomic mass is 10.1. The molecule has 110 valence electrons. The number of hydrogen-bond acceptors (Lipinski definition) is 4. The monoisotopic (exact) mass is 305 g/mol. The van der Waals surface area contributed by atoms with Gasteiger partial charge in [0, 0.05) is 38.3 Å². The Labute approximate surface area is 123 Å². The highest BCUT2D eigenvalue weighted by Crippen LogP contribution is 2.20. The van der Waals surface area contributed by atoms with Gasteiger partial charge in [-0.1, -0.05) is 0 Å². The lowest BCUT2D eigenvalue weighted by molar-refractivity contribution is -0.120. The Bertz CT molecular complexity index is 726. The van der Waals surface area contributed by atoms with E-state index in [4.69, 9.17) is 0 Å². The average molecular weight is 305 g/mol. The molecule has 7 heteroatoms. The summed E-state index contributed by atoms with van der Waals surface area (Å²) in [7, 11) is -3.52. The van der Waals surface area contributed by atoms with Gasteiger partial charge in [-0.3, -0.25) is 4.79 Å². The van der Waals surface area contributed by atoms with Gasteiger partial charge in [-0.25, -0.2) is 13.1 Å². The van der Waals surface area contributed by atoms with E-state index in [2.05, 4.69) is 5.10 Å². The van der Waals surface area contributed by atoms with Crippen LogP contribution in [0.2, 0.25) is 0 Å². The van der Waals surface area contributed by atoms with Crippen LogP contribution in [-0.4, -0.2) is 41.4 Å². The van der Waals surface area contributed by atoms with Crippen LogP contribution < -0.4 is 0 Å². The molecule has 0 N–H and O–H groups in total. The van der Waals surface area contributed by atoms with Crippen molar-refractivity contribution in [2.24, 2.45) is 0 Å². The van der Waals surface area contributed by atoms with Gasteiger partial charge in [0.1, 0.15) is 5.78 Å². The number of carbonyl (C=O) groups is 1. The molecule has 1 aromatic carbocycles. The third kappa shape index (κ3) is 2.74. The number of hydrogen-bond donors (Lipinski definition) is 0. The van der Waals surface area contributed by atoms with Crippen molar-refractivity contribution < 1.29 is 13.2 Å². The molecule has 0 spiro atoms. The topological polar surface area (TPSA) is 72.3 Å². The van der Waals surface area contributed by atoms with Crippen LogP contribution in [0, 0.1) is 0 Å². The van der Waals surface area contributed by atoms with Gasteiger partial charge in [0.05, 0.1) is 10.6 Å². The summed E-state index contributed by atoms with van der Waals surface area (Å²) in [5, 5.41) is 4.10. The molecule has 0 atom stereocenters. The summed E-state index contributed by atoms with van der Waals surface area (Å²) in [5.41, 5.74) is 0.799. The van der Waals surface area contributed by atoms with E-state index in [1.807, 2.05) is 0 Å². The summed E-state index contributed by atoms with van der Waals surface area (Å²) < 4.78 is 28.0. The first kappa shape index (κ1) is 14.0. The maximum Gasteiger partial charge on any atom is 0.243 e. The summed E-state index contributed by atoms with van der Waals surface area (Å²) in [6, 6.07) is 8.38. The van der Waals surface area contributed by atoms with E-state index in [1.165, 1.54) is 4.31 Å². The van der Waals surface area contributed by atoms with E-state index in [9.17, 15) is 13.2 Å². The second-order valence-corrected chi connectivity index (χ2v) is 6.83. The van der Waals surface area contributed by atoms with Gasteiger partial charge in [-0.05, 0) is 30.3 Å². The zero-order valence-corrected chi connectivity index (χ0v) is 12.2. The van der Waals surface area contributed by atoms with Gasteiger partial charge in [-0.15, -0.1) is 0 Å². The zero-order valence-electron chi connectivity index (χ0n) is 11.3. The Kier molecular flexibility index (Phi) is 3.60. The van der Waals surface area contributed by atoms with Gasteiger partial charge in [0.25, 0.3) is 0 Å². The first-order valence-electron chi connectivity index (χ1n) is 6.69. The molecule has 3 rings (SSSR count).